The number of rotatable bonds is 2. The molecule has 0 spiro atoms. The van der Waals surface area contributed by atoms with Gasteiger partial charge in [0.15, 0.2) is 0 Å². The maximum absolute atomic E-state index is 13.3. The summed E-state index contributed by atoms with van der Waals surface area (Å²) in [6.07, 6.45) is 2.68. The van der Waals surface area contributed by atoms with Crippen molar-refractivity contribution in [3.8, 4) is 0 Å². The molecule has 0 aliphatic heterocycles. The third kappa shape index (κ3) is 2.62. The number of carbonyl (C=O) groups is 1. The van der Waals surface area contributed by atoms with Gasteiger partial charge >= 0.3 is 0 Å². The lowest BCUT2D eigenvalue weighted by molar-refractivity contribution is 0.102. The maximum atomic E-state index is 13.3. The molecule has 0 atom stereocenters. The Bertz CT molecular complexity index is 604. The largest absolute Gasteiger partial charge is 0.320 e. The third-order valence-corrected chi connectivity index (χ3v) is 2.67. The quantitative estimate of drug-likeness (QED) is 0.850. The van der Waals surface area contributed by atoms with Crippen LogP contribution in [0.1, 0.15) is 15.9 Å². The van der Waals surface area contributed by atoms with Gasteiger partial charge in [0.25, 0.3) is 5.91 Å². The number of halogens is 2. The zero-order valence-electron chi connectivity index (χ0n) is 9.45. The molecule has 6 heteroatoms. The van der Waals surface area contributed by atoms with Crippen molar-refractivity contribution in [1.29, 1.82) is 0 Å². The summed E-state index contributed by atoms with van der Waals surface area (Å²) in [6.45, 7) is 1.76. The number of nitrogens with one attached hydrogen (secondary N) is 1. The Morgan fingerprint density at radius 2 is 2.22 bits per heavy atom. The molecule has 0 fully saturated rings. The molecular weight excluding hydrogens is 257 g/mol. The van der Waals surface area contributed by atoms with Gasteiger partial charge in [-0.2, -0.15) is 4.39 Å². The molecule has 0 saturated heterocycles. The Kier molecular flexibility index (Phi) is 3.53. The van der Waals surface area contributed by atoms with E-state index in [1.54, 1.807) is 13.0 Å². The Balaban J connectivity index is 2.22. The average Bonchev–Trinajstić information content (AvgIpc) is 2.34. The van der Waals surface area contributed by atoms with Gasteiger partial charge in [-0.3, -0.25) is 4.79 Å². The van der Waals surface area contributed by atoms with Crippen LogP contribution in [-0.2, 0) is 0 Å². The molecule has 18 heavy (non-hydrogen) atoms. The number of hydrogen-bond donors (Lipinski definition) is 1. The van der Waals surface area contributed by atoms with Crippen molar-refractivity contribution in [1.82, 2.24) is 9.97 Å². The van der Waals surface area contributed by atoms with Crippen molar-refractivity contribution < 1.29 is 9.18 Å². The minimum Gasteiger partial charge on any atom is -0.320 e. The molecule has 0 aliphatic rings. The first-order chi connectivity index (χ1) is 8.58. The molecule has 2 aromatic rings. The molecule has 0 aliphatic carbocycles. The van der Waals surface area contributed by atoms with E-state index < -0.39 is 11.9 Å². The monoisotopic (exact) mass is 265 g/mol. The highest BCUT2D eigenvalue weighted by molar-refractivity contribution is 6.30. The summed E-state index contributed by atoms with van der Waals surface area (Å²) < 4.78 is 13.3. The number of hydrogen-bond acceptors (Lipinski definition) is 3. The number of aromatic nitrogens is 2. The minimum atomic E-state index is -0.811. The van der Waals surface area contributed by atoms with Gasteiger partial charge in [0, 0.05) is 6.20 Å². The van der Waals surface area contributed by atoms with Gasteiger partial charge in [0.2, 0.25) is 5.95 Å². The Morgan fingerprint density at radius 1 is 1.44 bits per heavy atom. The first-order valence-electron chi connectivity index (χ1n) is 5.12. The van der Waals surface area contributed by atoms with E-state index in [0.29, 0.717) is 10.8 Å². The summed E-state index contributed by atoms with van der Waals surface area (Å²) in [5.41, 5.74) is 1.05. The van der Waals surface area contributed by atoms with Crippen molar-refractivity contribution in [2.45, 2.75) is 6.92 Å². The van der Waals surface area contributed by atoms with Gasteiger partial charge in [-0.1, -0.05) is 11.6 Å². The van der Waals surface area contributed by atoms with E-state index in [4.69, 9.17) is 11.6 Å². The van der Waals surface area contributed by atoms with Crippen molar-refractivity contribution in [2.75, 3.05) is 5.32 Å². The molecule has 0 aromatic carbocycles. The Labute approximate surface area is 108 Å². The lowest BCUT2D eigenvalue weighted by atomic mass is 10.2. The third-order valence-electron chi connectivity index (χ3n) is 2.28. The molecule has 0 unspecified atom stereocenters. The number of amides is 1. The molecule has 2 rings (SSSR count). The number of carbonyl (C=O) groups excluding carboxylic acids is 1. The number of pyridine rings is 2. The second kappa shape index (κ2) is 5.10. The molecule has 1 N–H and O–H groups in total. The van der Waals surface area contributed by atoms with Crippen LogP contribution in [0, 0.1) is 12.9 Å². The molecule has 2 aromatic heterocycles. The highest BCUT2D eigenvalue weighted by atomic mass is 35.5. The zero-order valence-corrected chi connectivity index (χ0v) is 10.2. The number of nitrogens with zero attached hydrogens (tertiary/aromatic N) is 2. The minimum absolute atomic E-state index is 0.120. The molecule has 0 saturated carbocycles. The molecule has 2 heterocycles. The van der Waals surface area contributed by atoms with E-state index >= 15 is 0 Å². The van der Waals surface area contributed by atoms with Gasteiger partial charge in [-0.05, 0) is 30.7 Å². The summed E-state index contributed by atoms with van der Waals surface area (Å²) in [5.74, 6) is -1.39. The fourth-order valence-electron chi connectivity index (χ4n) is 1.38. The molecule has 4 nitrogen and oxygen atoms in total. The van der Waals surface area contributed by atoms with E-state index in [0.717, 1.165) is 5.56 Å². The van der Waals surface area contributed by atoms with Gasteiger partial charge in [0.1, 0.15) is 5.15 Å². The lowest BCUT2D eigenvalue weighted by Crippen LogP contribution is -2.14. The maximum Gasteiger partial charge on any atom is 0.260 e. The van der Waals surface area contributed by atoms with E-state index in [-0.39, 0.29) is 5.56 Å². The van der Waals surface area contributed by atoms with Crippen LogP contribution in [0.25, 0.3) is 0 Å². The normalized spacial score (nSPS) is 10.2. The molecule has 1 amide bonds. The van der Waals surface area contributed by atoms with Crippen LogP contribution in [0.5, 0.6) is 0 Å². The van der Waals surface area contributed by atoms with Gasteiger partial charge in [-0.15, -0.1) is 0 Å². The predicted molar refractivity (Wildman–Crippen MR) is 66.1 cm³/mol. The number of aryl methyl sites for hydroxylation is 1. The van der Waals surface area contributed by atoms with Crippen molar-refractivity contribution in [3.63, 3.8) is 0 Å². The first kappa shape index (κ1) is 12.4. The molecule has 0 bridgehead atoms. The Morgan fingerprint density at radius 3 is 2.89 bits per heavy atom. The van der Waals surface area contributed by atoms with Crippen LogP contribution in [-0.4, -0.2) is 15.9 Å². The van der Waals surface area contributed by atoms with Crippen molar-refractivity contribution in [3.05, 3.63) is 52.8 Å². The molecular formula is C12H9ClFN3O. The second-order valence-electron chi connectivity index (χ2n) is 3.63. The topological polar surface area (TPSA) is 54.9 Å². The summed E-state index contributed by atoms with van der Waals surface area (Å²) in [7, 11) is 0. The van der Waals surface area contributed by atoms with Crippen molar-refractivity contribution in [2.24, 2.45) is 0 Å². The van der Waals surface area contributed by atoms with E-state index in [9.17, 15) is 9.18 Å². The zero-order chi connectivity index (χ0) is 13.1. The predicted octanol–water partition coefficient (Wildman–Crippen LogP) is 2.83. The fourth-order valence-corrected chi connectivity index (χ4v) is 1.48. The standard InChI is InChI=1S/C12H9ClFN3O/c1-7-5-8(6-16-10(7)13)17-12(18)9-3-2-4-15-11(9)14/h2-6H,1H3,(H,17,18). The smallest absolute Gasteiger partial charge is 0.260 e. The average molecular weight is 266 g/mol. The lowest BCUT2D eigenvalue weighted by Gasteiger charge is -2.06. The summed E-state index contributed by atoms with van der Waals surface area (Å²) >= 11 is 5.77. The van der Waals surface area contributed by atoms with Gasteiger partial charge in [-0.25, -0.2) is 9.97 Å². The van der Waals surface area contributed by atoms with Crippen LogP contribution in [0.4, 0.5) is 10.1 Å². The van der Waals surface area contributed by atoms with Crippen LogP contribution in [0.2, 0.25) is 5.15 Å². The SMILES string of the molecule is Cc1cc(NC(=O)c2cccnc2F)cnc1Cl. The highest BCUT2D eigenvalue weighted by Gasteiger charge is 2.12. The van der Waals surface area contributed by atoms with Crippen LogP contribution in [0.3, 0.4) is 0 Å². The molecule has 0 radical (unpaired) electrons. The van der Waals surface area contributed by atoms with E-state index in [1.807, 2.05) is 0 Å². The highest BCUT2D eigenvalue weighted by Crippen LogP contribution is 2.17. The van der Waals surface area contributed by atoms with E-state index in [2.05, 4.69) is 15.3 Å². The van der Waals surface area contributed by atoms with Crippen molar-refractivity contribution >= 4 is 23.2 Å². The molecule has 92 valence electrons. The van der Waals surface area contributed by atoms with Crippen LogP contribution in [0.15, 0.2) is 30.6 Å². The fraction of sp³-hybridized carbons (Fsp3) is 0.0833. The summed E-state index contributed by atoms with van der Waals surface area (Å²) in [6, 6.07) is 4.50. The Hall–Kier alpha value is -2.01. The van der Waals surface area contributed by atoms with E-state index in [1.165, 1.54) is 24.5 Å². The van der Waals surface area contributed by atoms with Crippen LogP contribution < -0.4 is 5.32 Å². The number of anilines is 1. The first-order valence-corrected chi connectivity index (χ1v) is 5.50. The van der Waals surface area contributed by atoms with Gasteiger partial charge in [0.05, 0.1) is 17.4 Å². The summed E-state index contributed by atoms with van der Waals surface area (Å²) in [4.78, 5) is 19.1. The summed E-state index contributed by atoms with van der Waals surface area (Å²) in [5, 5.41) is 2.89. The second-order valence-corrected chi connectivity index (χ2v) is 3.99. The van der Waals surface area contributed by atoms with Crippen LogP contribution >= 0.6 is 11.6 Å². The van der Waals surface area contributed by atoms with Gasteiger partial charge < -0.3 is 5.32 Å².